The van der Waals surface area contributed by atoms with Crippen LogP contribution < -0.4 is 5.73 Å². The highest BCUT2D eigenvalue weighted by Crippen LogP contribution is 2.44. The number of nitrogen functional groups attached to an aromatic ring is 1. The van der Waals surface area contributed by atoms with Gasteiger partial charge in [-0.2, -0.15) is 11.3 Å². The van der Waals surface area contributed by atoms with E-state index in [-0.39, 0.29) is 0 Å². The zero-order chi connectivity index (χ0) is 12.0. The molecule has 1 aliphatic rings. The van der Waals surface area contributed by atoms with E-state index in [1.54, 1.807) is 11.3 Å². The van der Waals surface area contributed by atoms with Crippen LogP contribution in [-0.2, 0) is 0 Å². The molecule has 0 spiro atoms. The molecule has 0 amide bonds. The highest BCUT2D eigenvalue weighted by molar-refractivity contribution is 9.10. The summed E-state index contributed by atoms with van der Waals surface area (Å²) in [6, 6.07) is 0. The van der Waals surface area contributed by atoms with Crippen molar-refractivity contribution in [2.24, 2.45) is 0 Å². The quantitative estimate of drug-likeness (QED) is 0.919. The topological polar surface area (TPSA) is 51.8 Å². The van der Waals surface area contributed by atoms with Crippen molar-refractivity contribution in [3.8, 4) is 11.4 Å². The molecule has 0 saturated heterocycles. The SMILES string of the molecule is Cc1cscc1-c1nc(N)c(Br)c(C2CC2)n1. The van der Waals surface area contributed by atoms with Gasteiger partial charge >= 0.3 is 0 Å². The lowest BCUT2D eigenvalue weighted by molar-refractivity contribution is 0.984. The van der Waals surface area contributed by atoms with Crippen molar-refractivity contribution in [1.29, 1.82) is 0 Å². The summed E-state index contributed by atoms with van der Waals surface area (Å²) in [5.41, 5.74) is 9.32. The molecule has 0 radical (unpaired) electrons. The van der Waals surface area contributed by atoms with Gasteiger partial charge in [0.25, 0.3) is 0 Å². The highest BCUT2D eigenvalue weighted by Gasteiger charge is 2.29. The Morgan fingerprint density at radius 2 is 2.12 bits per heavy atom. The van der Waals surface area contributed by atoms with Gasteiger partial charge in [0, 0.05) is 16.9 Å². The average molecular weight is 310 g/mol. The molecule has 1 aliphatic carbocycles. The second kappa shape index (κ2) is 4.07. The first-order valence-corrected chi connectivity index (χ1v) is 7.26. The summed E-state index contributed by atoms with van der Waals surface area (Å²) in [5, 5.41) is 4.18. The lowest BCUT2D eigenvalue weighted by atomic mass is 10.2. The second-order valence-electron chi connectivity index (χ2n) is 4.37. The largest absolute Gasteiger partial charge is 0.383 e. The minimum atomic E-state index is 0.544. The molecule has 17 heavy (non-hydrogen) atoms. The summed E-state index contributed by atoms with van der Waals surface area (Å²) in [4.78, 5) is 9.04. The van der Waals surface area contributed by atoms with E-state index < -0.39 is 0 Å². The lowest BCUT2D eigenvalue weighted by Crippen LogP contribution is -2.02. The number of hydrogen-bond acceptors (Lipinski definition) is 4. The zero-order valence-corrected chi connectivity index (χ0v) is 11.8. The Morgan fingerprint density at radius 1 is 1.35 bits per heavy atom. The number of aryl methyl sites for hydroxylation is 1. The average Bonchev–Trinajstić information content (AvgIpc) is 3.05. The molecule has 3 nitrogen and oxygen atoms in total. The van der Waals surface area contributed by atoms with Crippen LogP contribution in [0.4, 0.5) is 5.82 Å². The van der Waals surface area contributed by atoms with Gasteiger partial charge in [0.05, 0.1) is 10.2 Å². The molecule has 5 heteroatoms. The van der Waals surface area contributed by atoms with Crippen LogP contribution in [0.1, 0.15) is 30.0 Å². The van der Waals surface area contributed by atoms with Gasteiger partial charge in [-0.1, -0.05) is 0 Å². The molecular weight excluding hydrogens is 298 g/mol. The third-order valence-corrected chi connectivity index (χ3v) is 4.64. The van der Waals surface area contributed by atoms with Crippen molar-refractivity contribution in [2.45, 2.75) is 25.7 Å². The van der Waals surface area contributed by atoms with Crippen LogP contribution in [0.5, 0.6) is 0 Å². The Labute approximate surface area is 112 Å². The molecule has 0 atom stereocenters. The molecule has 0 aliphatic heterocycles. The predicted octanol–water partition coefficient (Wildman–Crippen LogP) is 3.74. The Balaban J connectivity index is 2.15. The van der Waals surface area contributed by atoms with Gasteiger partial charge in [-0.15, -0.1) is 0 Å². The van der Waals surface area contributed by atoms with Crippen LogP contribution in [0, 0.1) is 6.92 Å². The van der Waals surface area contributed by atoms with Crippen LogP contribution in [0.25, 0.3) is 11.4 Å². The number of halogens is 1. The Bertz CT molecular complexity index is 575. The van der Waals surface area contributed by atoms with Crippen molar-refractivity contribution in [3.05, 3.63) is 26.5 Å². The molecule has 2 aromatic rings. The summed E-state index contributed by atoms with van der Waals surface area (Å²) >= 11 is 5.16. The van der Waals surface area contributed by atoms with Gasteiger partial charge in [0.1, 0.15) is 5.82 Å². The smallest absolute Gasteiger partial charge is 0.162 e. The van der Waals surface area contributed by atoms with Crippen molar-refractivity contribution in [1.82, 2.24) is 9.97 Å². The number of rotatable bonds is 2. The molecule has 3 rings (SSSR count). The van der Waals surface area contributed by atoms with Crippen molar-refractivity contribution < 1.29 is 0 Å². The highest BCUT2D eigenvalue weighted by atomic mass is 79.9. The Hall–Kier alpha value is -0.940. The normalized spacial score (nSPS) is 15.2. The number of hydrogen-bond donors (Lipinski definition) is 1. The van der Waals surface area contributed by atoms with Gasteiger partial charge < -0.3 is 5.73 Å². The molecule has 0 bridgehead atoms. The third kappa shape index (κ3) is 1.98. The zero-order valence-electron chi connectivity index (χ0n) is 9.40. The molecule has 2 N–H and O–H groups in total. The van der Waals surface area contributed by atoms with Crippen molar-refractivity contribution >= 4 is 33.1 Å². The molecule has 2 aromatic heterocycles. The van der Waals surface area contributed by atoms with Gasteiger partial charge in [-0.25, -0.2) is 9.97 Å². The minimum Gasteiger partial charge on any atom is -0.383 e. The van der Waals surface area contributed by atoms with Crippen LogP contribution in [-0.4, -0.2) is 9.97 Å². The molecule has 1 fully saturated rings. The Morgan fingerprint density at radius 3 is 2.71 bits per heavy atom. The monoisotopic (exact) mass is 309 g/mol. The van der Waals surface area contributed by atoms with Crippen LogP contribution >= 0.6 is 27.3 Å². The van der Waals surface area contributed by atoms with E-state index in [1.165, 1.54) is 18.4 Å². The molecule has 88 valence electrons. The first kappa shape index (κ1) is 11.2. The van der Waals surface area contributed by atoms with Gasteiger partial charge in [-0.3, -0.25) is 0 Å². The van der Waals surface area contributed by atoms with E-state index in [0.29, 0.717) is 11.7 Å². The van der Waals surface area contributed by atoms with Crippen LogP contribution in [0.15, 0.2) is 15.2 Å². The summed E-state index contributed by atoms with van der Waals surface area (Å²) in [7, 11) is 0. The molecule has 0 unspecified atom stereocenters. The fourth-order valence-electron chi connectivity index (χ4n) is 1.82. The summed E-state index contributed by atoms with van der Waals surface area (Å²) in [6.07, 6.45) is 2.41. The number of anilines is 1. The second-order valence-corrected chi connectivity index (χ2v) is 5.91. The minimum absolute atomic E-state index is 0.544. The standard InChI is InChI=1S/C12H12BrN3S/c1-6-4-17-5-8(6)12-15-10(7-2-3-7)9(13)11(14)16-12/h4-5,7H,2-3H2,1H3,(H2,14,15,16). The van der Waals surface area contributed by atoms with Gasteiger partial charge in [0.15, 0.2) is 5.82 Å². The number of thiophene rings is 1. The van der Waals surface area contributed by atoms with Crippen molar-refractivity contribution in [2.75, 3.05) is 5.73 Å². The predicted molar refractivity (Wildman–Crippen MR) is 74.2 cm³/mol. The van der Waals surface area contributed by atoms with E-state index in [4.69, 9.17) is 5.73 Å². The maximum absolute atomic E-state index is 5.95. The van der Waals surface area contributed by atoms with E-state index in [2.05, 4.69) is 43.6 Å². The first-order valence-electron chi connectivity index (χ1n) is 5.53. The van der Waals surface area contributed by atoms with E-state index in [0.717, 1.165) is 21.6 Å². The van der Waals surface area contributed by atoms with Crippen LogP contribution in [0.2, 0.25) is 0 Å². The maximum Gasteiger partial charge on any atom is 0.162 e. The fraction of sp³-hybridized carbons (Fsp3) is 0.333. The summed E-state index contributed by atoms with van der Waals surface area (Å²) < 4.78 is 0.872. The van der Waals surface area contributed by atoms with E-state index in [1.807, 2.05) is 0 Å². The summed E-state index contributed by atoms with van der Waals surface area (Å²) in [5.74, 6) is 1.86. The van der Waals surface area contributed by atoms with E-state index >= 15 is 0 Å². The molecule has 1 saturated carbocycles. The van der Waals surface area contributed by atoms with Gasteiger partial charge in [-0.05, 0) is 46.6 Å². The summed E-state index contributed by atoms with van der Waals surface area (Å²) in [6.45, 7) is 2.07. The number of aromatic nitrogens is 2. The number of nitrogens with zero attached hydrogens (tertiary/aromatic N) is 2. The number of nitrogens with two attached hydrogens (primary N) is 1. The maximum atomic E-state index is 5.95. The third-order valence-electron chi connectivity index (χ3n) is 2.96. The lowest BCUT2D eigenvalue weighted by Gasteiger charge is -2.07. The van der Waals surface area contributed by atoms with Crippen LogP contribution in [0.3, 0.4) is 0 Å². The Kier molecular flexibility index (Phi) is 2.67. The molecular formula is C12H12BrN3S. The first-order chi connectivity index (χ1) is 8.16. The van der Waals surface area contributed by atoms with E-state index in [9.17, 15) is 0 Å². The molecule has 0 aromatic carbocycles. The fourth-order valence-corrected chi connectivity index (χ4v) is 3.15. The van der Waals surface area contributed by atoms with Gasteiger partial charge in [0.2, 0.25) is 0 Å². The molecule has 2 heterocycles. The van der Waals surface area contributed by atoms with Crippen molar-refractivity contribution in [3.63, 3.8) is 0 Å².